The van der Waals surface area contributed by atoms with Crippen LogP contribution >= 0.6 is 20.6 Å². The zero-order valence-electron chi connectivity index (χ0n) is 9.45. The Morgan fingerprint density at radius 1 is 0.714 bits per heavy atom. The fourth-order valence-electron chi connectivity index (χ4n) is 0.522. The van der Waals surface area contributed by atoms with Crippen LogP contribution in [-0.2, 0) is 18.0 Å². The minimum atomic E-state index is -1.47. The largest absolute Gasteiger partial charge is 0.428 e. The average Bonchev–Trinajstić information content (AvgIpc) is 1.78. The summed E-state index contributed by atoms with van der Waals surface area (Å²) < 4.78 is 9.86. The van der Waals surface area contributed by atoms with Gasteiger partial charge in [0.15, 0.2) is 0 Å². The van der Waals surface area contributed by atoms with Gasteiger partial charge in [0.25, 0.3) is 0 Å². The molecule has 0 aliphatic rings. The lowest BCUT2D eigenvalue weighted by Crippen LogP contribution is -2.22. The van der Waals surface area contributed by atoms with Crippen LogP contribution in [0.15, 0.2) is 0 Å². The predicted octanol–water partition coefficient (Wildman–Crippen LogP) is 1.29. The van der Waals surface area contributed by atoms with Gasteiger partial charge in [0.05, 0.1) is 0 Å². The van der Waals surface area contributed by atoms with E-state index in [4.69, 9.17) is 8.37 Å². The third-order valence-corrected chi connectivity index (χ3v) is 2.12. The molecule has 0 aromatic rings. The van der Waals surface area contributed by atoms with Crippen LogP contribution in [0.4, 0.5) is 0 Å². The van der Waals surface area contributed by atoms with Gasteiger partial charge in [0.2, 0.25) is 0 Å². The van der Waals surface area contributed by atoms with Gasteiger partial charge in [-0.05, 0) is 37.5 Å². The highest BCUT2D eigenvalue weighted by Crippen LogP contribution is 2.39. The zero-order chi connectivity index (χ0) is 11.6. The fraction of sp³-hybridized carbons (Fsp3) is 0.750. The Hall–Kier alpha value is -0.360. The first-order chi connectivity index (χ1) is 6.01. The molecule has 0 atom stereocenters. The van der Waals surface area contributed by atoms with E-state index >= 15 is 0 Å². The lowest BCUT2D eigenvalue weighted by molar-refractivity contribution is -0.155. The number of carbonyl (C=O) groups is 2. The number of hydrogen-bond donors (Lipinski definition) is 0. The highest BCUT2D eigenvalue weighted by Gasteiger charge is 2.25. The van der Waals surface area contributed by atoms with Crippen molar-refractivity contribution in [2.24, 2.45) is 0 Å². The van der Waals surface area contributed by atoms with E-state index in [1.165, 1.54) is 0 Å². The molecule has 0 aliphatic carbocycles. The average molecular weight is 242 g/mol. The summed E-state index contributed by atoms with van der Waals surface area (Å²) in [5.41, 5.74) is 0. The van der Waals surface area contributed by atoms with E-state index in [2.05, 4.69) is 0 Å². The molecule has 0 aromatic heterocycles. The van der Waals surface area contributed by atoms with E-state index in [-0.39, 0.29) is 0 Å². The molecule has 0 spiro atoms. The zero-order valence-corrected chi connectivity index (χ0v) is 11.1. The summed E-state index contributed by atoms with van der Waals surface area (Å²) in [6.07, 6.45) is 10.7. The highest BCUT2D eigenvalue weighted by atomic mass is 32.3. The molecule has 0 unspecified atom stereocenters. The maximum absolute atomic E-state index is 11.2. The molecule has 4 nitrogen and oxygen atoms in total. The maximum atomic E-state index is 11.2. The molecule has 14 heavy (non-hydrogen) atoms. The van der Waals surface area contributed by atoms with Crippen molar-refractivity contribution in [1.29, 1.82) is 0 Å². The molecule has 0 saturated carbocycles. The summed E-state index contributed by atoms with van der Waals surface area (Å²) in [6, 6.07) is 0. The summed E-state index contributed by atoms with van der Waals surface area (Å²) in [6.45, 7) is 0. The Morgan fingerprint density at radius 2 is 0.929 bits per heavy atom. The van der Waals surface area contributed by atoms with E-state index in [0.29, 0.717) is 0 Å². The van der Waals surface area contributed by atoms with Crippen molar-refractivity contribution < 1.29 is 18.0 Å². The smallest absolute Gasteiger partial charge is 0.408 e. The van der Waals surface area contributed by atoms with Gasteiger partial charge in [-0.3, -0.25) is 0 Å². The van der Waals surface area contributed by atoms with Crippen molar-refractivity contribution in [2.45, 2.75) is 0 Å². The van der Waals surface area contributed by atoms with Crippen LogP contribution in [0.5, 0.6) is 0 Å². The second kappa shape index (κ2) is 4.44. The van der Waals surface area contributed by atoms with Gasteiger partial charge in [0.1, 0.15) is 0 Å². The summed E-state index contributed by atoms with van der Waals surface area (Å²) in [5.74, 6) is -1.79. The summed E-state index contributed by atoms with van der Waals surface area (Å²) in [4.78, 5) is 22.3. The summed E-state index contributed by atoms with van der Waals surface area (Å²) in [7, 11) is -2.93. The predicted molar refractivity (Wildman–Crippen MR) is 62.9 cm³/mol. The van der Waals surface area contributed by atoms with Gasteiger partial charge < -0.3 is 8.37 Å². The Balaban J connectivity index is 4.22. The Kier molecular flexibility index (Phi) is 4.33. The van der Waals surface area contributed by atoms with Crippen molar-refractivity contribution in [3.63, 3.8) is 0 Å². The molecule has 0 aliphatic heterocycles. The summed E-state index contributed by atoms with van der Waals surface area (Å²) >= 11 is 0. The summed E-state index contributed by atoms with van der Waals surface area (Å²) in [5, 5.41) is 0. The van der Waals surface area contributed by atoms with Crippen molar-refractivity contribution in [1.82, 2.24) is 0 Å². The van der Waals surface area contributed by atoms with Crippen molar-refractivity contribution >= 4 is 32.6 Å². The molecule has 0 bridgehead atoms. The van der Waals surface area contributed by atoms with Crippen LogP contribution in [-0.4, -0.2) is 49.5 Å². The van der Waals surface area contributed by atoms with Crippen LogP contribution in [0.25, 0.3) is 0 Å². The molecule has 0 aromatic carbocycles. The minimum absolute atomic E-state index is 0.894. The van der Waals surface area contributed by atoms with Gasteiger partial charge in [-0.25, -0.2) is 9.59 Å². The van der Waals surface area contributed by atoms with Gasteiger partial charge in [-0.1, -0.05) is 20.6 Å². The fourth-order valence-corrected chi connectivity index (χ4v) is 1.57. The molecular weight excluding hydrogens is 224 g/mol. The lowest BCUT2D eigenvalue weighted by Gasteiger charge is -2.27. The molecule has 0 saturated heterocycles. The Labute approximate surface area is 88.4 Å². The van der Waals surface area contributed by atoms with Gasteiger partial charge >= 0.3 is 11.9 Å². The van der Waals surface area contributed by atoms with Crippen LogP contribution in [0, 0.1) is 0 Å². The van der Waals surface area contributed by atoms with E-state index in [0.717, 1.165) is 0 Å². The van der Waals surface area contributed by atoms with Gasteiger partial charge in [0, 0.05) is 0 Å². The highest BCUT2D eigenvalue weighted by molar-refractivity contribution is 8.29. The first kappa shape index (κ1) is 13.6. The van der Waals surface area contributed by atoms with Gasteiger partial charge in [-0.2, -0.15) is 0 Å². The van der Waals surface area contributed by atoms with Crippen LogP contribution in [0.2, 0.25) is 0 Å². The van der Waals surface area contributed by atoms with Crippen LogP contribution in [0.3, 0.4) is 0 Å². The third kappa shape index (κ3) is 7.08. The van der Waals surface area contributed by atoms with Crippen LogP contribution < -0.4 is 0 Å². The van der Waals surface area contributed by atoms with E-state index in [1.54, 1.807) is 37.5 Å². The first-order valence-corrected chi connectivity index (χ1v) is 9.41. The molecule has 6 heteroatoms. The van der Waals surface area contributed by atoms with Gasteiger partial charge in [-0.15, -0.1) is 0 Å². The Bertz CT molecular complexity index is 211. The first-order valence-electron chi connectivity index (χ1n) is 3.85. The molecular formula is C8H18O4S2. The van der Waals surface area contributed by atoms with E-state index in [9.17, 15) is 9.59 Å². The number of rotatable bonds is 2. The Morgan fingerprint density at radius 3 is 1.07 bits per heavy atom. The SMILES string of the molecule is CS(C)(C)OC(=O)C(=O)OS(C)(C)C. The molecule has 86 valence electrons. The molecule has 0 amide bonds. The van der Waals surface area contributed by atoms with Crippen molar-refractivity contribution in [3.05, 3.63) is 0 Å². The topological polar surface area (TPSA) is 52.6 Å². The van der Waals surface area contributed by atoms with Crippen molar-refractivity contribution in [3.8, 4) is 0 Å². The number of carbonyl (C=O) groups excluding carboxylic acids is 2. The molecule has 0 rings (SSSR count). The number of hydrogen-bond acceptors (Lipinski definition) is 4. The normalized spacial score (nSPS) is 14.4. The molecule has 0 radical (unpaired) electrons. The monoisotopic (exact) mass is 242 g/mol. The van der Waals surface area contributed by atoms with Crippen LogP contribution in [0.1, 0.15) is 0 Å². The lowest BCUT2D eigenvalue weighted by atomic mass is 10.7. The molecule has 0 fully saturated rings. The standard InChI is InChI=1S/C8H18O4S2/c1-13(2,3)11-7(9)8(10)12-14(4,5)6/h1-6H3. The van der Waals surface area contributed by atoms with E-state index < -0.39 is 32.6 Å². The minimum Gasteiger partial charge on any atom is -0.408 e. The van der Waals surface area contributed by atoms with Crippen molar-refractivity contribution in [2.75, 3.05) is 37.5 Å². The third-order valence-electron chi connectivity index (χ3n) is 0.818. The molecule has 0 heterocycles. The second-order valence-electron chi connectivity index (χ2n) is 4.19. The van der Waals surface area contributed by atoms with E-state index in [1.807, 2.05) is 0 Å². The maximum Gasteiger partial charge on any atom is 0.428 e. The quantitative estimate of drug-likeness (QED) is 0.685. The second-order valence-corrected chi connectivity index (χ2v) is 11.4. The molecule has 0 N–H and O–H groups in total.